The molecule has 3 aliphatic carbocycles. The predicted octanol–water partition coefficient (Wildman–Crippen LogP) is 3.91. The maximum atomic E-state index is 13.8. The summed E-state index contributed by atoms with van der Waals surface area (Å²) in [7, 11) is -2.89. The fraction of sp³-hybridized carbons (Fsp3) is 0.483. The number of methoxy groups -OCH3 is 1. The largest absolute Gasteiger partial charge is 0.453 e. The van der Waals surface area contributed by atoms with E-state index in [0.29, 0.717) is 31.5 Å². The molecular weight excluding hydrogens is 627 g/mol. The van der Waals surface area contributed by atoms with Gasteiger partial charge in [0.1, 0.15) is 6.04 Å². The van der Waals surface area contributed by atoms with Gasteiger partial charge >= 0.3 is 6.09 Å². The van der Waals surface area contributed by atoms with Gasteiger partial charge < -0.3 is 20.5 Å². The number of hydrogen-bond acceptors (Lipinski definition) is 7. The number of nitrogens with zero attached hydrogens (tertiary/aromatic N) is 1. The highest BCUT2D eigenvalue weighted by atomic mass is 35.5. The van der Waals surface area contributed by atoms with E-state index in [1.54, 1.807) is 0 Å². The molecule has 1 heterocycles. The van der Waals surface area contributed by atoms with Crippen LogP contribution in [0.3, 0.4) is 0 Å². The van der Waals surface area contributed by atoms with Crippen molar-refractivity contribution in [2.24, 2.45) is 17.8 Å². The van der Waals surface area contributed by atoms with Crippen LogP contribution in [0.15, 0.2) is 35.2 Å². The topological polar surface area (TPSA) is 142 Å². The van der Waals surface area contributed by atoms with Crippen LogP contribution in [-0.4, -0.2) is 73.4 Å². The first kappa shape index (κ1) is 32.0. The summed E-state index contributed by atoms with van der Waals surface area (Å²) >= 11 is 6.26. The van der Waals surface area contributed by atoms with Crippen molar-refractivity contribution in [1.29, 1.82) is 0 Å². The van der Waals surface area contributed by atoms with Crippen LogP contribution in [0.25, 0.3) is 0 Å². The molecule has 4 aliphatic rings. The molecule has 2 bridgehead atoms. The summed E-state index contributed by atoms with van der Waals surface area (Å²) in [5.74, 6) is -6.98. The second-order valence-corrected chi connectivity index (χ2v) is 14.2. The number of nitrogens with one attached hydrogen (secondary N) is 2. The fourth-order valence-corrected chi connectivity index (χ4v) is 9.31. The van der Waals surface area contributed by atoms with Crippen molar-refractivity contribution < 1.29 is 45.8 Å². The number of hydrogen-bond donors (Lipinski definition) is 3. The molecule has 3 saturated carbocycles. The van der Waals surface area contributed by atoms with Gasteiger partial charge in [0.2, 0.25) is 5.91 Å². The molecule has 3 N–H and O–H groups in total. The van der Waals surface area contributed by atoms with E-state index < -0.39 is 73.9 Å². The second kappa shape index (κ2) is 11.9. The molecule has 238 valence electrons. The number of rotatable bonds is 7. The predicted molar refractivity (Wildman–Crippen MR) is 152 cm³/mol. The lowest BCUT2D eigenvalue weighted by molar-refractivity contribution is -0.213. The highest BCUT2D eigenvalue weighted by Crippen LogP contribution is 2.59. The minimum absolute atomic E-state index is 0.0227. The maximum absolute atomic E-state index is 13.8. The first-order valence-corrected chi connectivity index (χ1v) is 16.0. The third-order valence-electron chi connectivity index (χ3n) is 9.28. The molecule has 3 amide bonds. The average molecular weight is 658 g/mol. The highest BCUT2D eigenvalue weighted by Gasteiger charge is 2.64. The average Bonchev–Trinajstić information content (AvgIpc) is 3.49. The number of amides is 3. The zero-order valence-corrected chi connectivity index (χ0v) is 25.4. The van der Waals surface area contributed by atoms with Crippen LogP contribution in [0.4, 0.5) is 23.7 Å². The number of benzene rings is 2. The molecule has 2 aromatic carbocycles. The number of carbonyl (C=O) groups is 3. The molecule has 15 heteroatoms. The van der Waals surface area contributed by atoms with E-state index in [2.05, 4.69) is 10.6 Å². The van der Waals surface area contributed by atoms with E-state index in [4.69, 9.17) is 16.3 Å². The first-order chi connectivity index (χ1) is 20.7. The van der Waals surface area contributed by atoms with Crippen LogP contribution in [0, 0.1) is 35.2 Å². The van der Waals surface area contributed by atoms with E-state index in [0.717, 1.165) is 6.07 Å². The van der Waals surface area contributed by atoms with E-state index in [-0.39, 0.29) is 46.5 Å². The molecule has 0 spiro atoms. The van der Waals surface area contributed by atoms with Gasteiger partial charge in [-0.2, -0.15) is 0 Å². The molecule has 10 nitrogen and oxygen atoms in total. The van der Waals surface area contributed by atoms with E-state index >= 15 is 0 Å². The summed E-state index contributed by atoms with van der Waals surface area (Å²) in [6, 6.07) is 3.98. The van der Waals surface area contributed by atoms with Gasteiger partial charge in [-0.25, -0.2) is 26.4 Å². The minimum Gasteiger partial charge on any atom is -0.453 e. The van der Waals surface area contributed by atoms with Crippen molar-refractivity contribution in [3.8, 4) is 0 Å². The van der Waals surface area contributed by atoms with Gasteiger partial charge in [0, 0.05) is 36.5 Å². The van der Waals surface area contributed by atoms with Crippen molar-refractivity contribution in [1.82, 2.24) is 10.2 Å². The van der Waals surface area contributed by atoms with Crippen molar-refractivity contribution >= 4 is 45.0 Å². The lowest BCUT2D eigenvalue weighted by atomic mass is 9.48. The summed E-state index contributed by atoms with van der Waals surface area (Å²) in [5, 5.41) is 15.4. The smallest absolute Gasteiger partial charge is 0.410 e. The zero-order chi connectivity index (χ0) is 32.1. The van der Waals surface area contributed by atoms with Crippen molar-refractivity contribution in [2.75, 3.05) is 25.5 Å². The number of ether oxygens (including phenoxy) is 1. The summed E-state index contributed by atoms with van der Waals surface area (Å²) in [6.07, 6.45) is 0.629. The lowest BCUT2D eigenvalue weighted by Crippen LogP contribution is -2.71. The molecule has 0 aromatic heterocycles. The minimum atomic E-state index is -4.12. The summed E-state index contributed by atoms with van der Waals surface area (Å²) < 4.78 is 72.7. The molecule has 3 unspecified atom stereocenters. The Morgan fingerprint density at radius 3 is 2.36 bits per heavy atom. The monoisotopic (exact) mass is 657 g/mol. The third-order valence-corrected chi connectivity index (χ3v) is 11.9. The van der Waals surface area contributed by atoms with Crippen LogP contribution in [0.2, 0.25) is 5.02 Å². The number of aliphatic hydroxyl groups is 1. The number of halogens is 4. The molecular formula is C29H31ClF3N3O7S. The molecule has 1 saturated heterocycles. The lowest BCUT2D eigenvalue weighted by Gasteiger charge is -2.62. The Labute approximate surface area is 256 Å². The molecule has 4 fully saturated rings. The SMILES string of the molecule is COC(=O)N1CCCC1C(=O)NC[C@]1(O)C2CC(S(=O)(=O)c3cc(C(=O)Nc4cc(F)c(F)c(F)c4)ccc3Cl)CC1[C@@H]2C. The van der Waals surface area contributed by atoms with Crippen LogP contribution in [-0.2, 0) is 19.4 Å². The Hall–Kier alpha value is -3.36. The molecule has 6 rings (SSSR count). The molecule has 0 radical (unpaired) electrons. The number of anilines is 1. The summed E-state index contributed by atoms with van der Waals surface area (Å²) in [6.45, 7) is 2.18. The third kappa shape index (κ3) is 5.51. The Balaban J connectivity index is 1.28. The fourth-order valence-electron chi connectivity index (χ4n) is 6.96. The van der Waals surface area contributed by atoms with E-state index in [1.807, 2.05) is 6.92 Å². The van der Waals surface area contributed by atoms with Gasteiger partial charge in [0.15, 0.2) is 27.3 Å². The molecule has 44 heavy (non-hydrogen) atoms. The molecule has 1 aliphatic heterocycles. The maximum Gasteiger partial charge on any atom is 0.410 e. The van der Waals surface area contributed by atoms with Crippen LogP contribution in [0.1, 0.15) is 43.0 Å². The van der Waals surface area contributed by atoms with Crippen molar-refractivity contribution in [2.45, 2.75) is 54.4 Å². The normalized spacial score (nSPS) is 27.8. The number of fused-ring (bicyclic) bond motifs is 2. The summed E-state index contributed by atoms with van der Waals surface area (Å²) in [5.41, 5.74) is -1.88. The molecule has 3 atom stereocenters. The quantitative estimate of drug-likeness (QED) is 0.384. The van der Waals surface area contributed by atoms with E-state index in [9.17, 15) is 41.1 Å². The van der Waals surface area contributed by atoms with Crippen LogP contribution < -0.4 is 10.6 Å². The molecule has 2 aromatic rings. The zero-order valence-electron chi connectivity index (χ0n) is 23.8. The standard InChI is InChI=1S/C29H31ClF3N3O7S/c1-14-18-11-17(12-19(14)29(18,40)13-34-27(38)23-4-3-7-36(23)28(39)43-2)44(41,42)24-8-15(5-6-20(24)30)26(37)35-16-9-21(31)25(33)22(32)10-16/h5-6,8-10,14,17-19,23,40H,3-4,7,11-13H2,1-2H3,(H,34,38)(H,35,37)/t14-,17?,18?,19?,23?,29+. The van der Waals surface area contributed by atoms with E-state index in [1.165, 1.54) is 24.1 Å². The Morgan fingerprint density at radius 2 is 1.75 bits per heavy atom. The Morgan fingerprint density at radius 1 is 1.11 bits per heavy atom. The van der Waals surface area contributed by atoms with Gasteiger partial charge in [0.05, 0.1) is 27.9 Å². The van der Waals surface area contributed by atoms with Gasteiger partial charge in [-0.1, -0.05) is 18.5 Å². The number of carbonyl (C=O) groups excluding carboxylic acids is 3. The number of likely N-dealkylation sites (tertiary alicyclic amines) is 1. The Bertz CT molecular complexity index is 1590. The van der Waals surface area contributed by atoms with Crippen molar-refractivity contribution in [3.05, 3.63) is 58.4 Å². The van der Waals surface area contributed by atoms with Gasteiger partial charge in [-0.05, 0) is 61.6 Å². The summed E-state index contributed by atoms with van der Waals surface area (Å²) in [4.78, 5) is 38.7. The first-order valence-electron chi connectivity index (χ1n) is 14.0. The number of sulfone groups is 1. The van der Waals surface area contributed by atoms with Crippen LogP contribution >= 0.6 is 11.6 Å². The van der Waals surface area contributed by atoms with Gasteiger partial charge in [0.25, 0.3) is 5.91 Å². The highest BCUT2D eigenvalue weighted by molar-refractivity contribution is 7.92. The second-order valence-electron chi connectivity index (χ2n) is 11.6. The van der Waals surface area contributed by atoms with Crippen molar-refractivity contribution in [3.63, 3.8) is 0 Å². The van der Waals surface area contributed by atoms with Gasteiger partial charge in [-0.15, -0.1) is 0 Å². The Kier molecular flexibility index (Phi) is 8.64. The van der Waals surface area contributed by atoms with Crippen LogP contribution in [0.5, 0.6) is 0 Å². The van der Waals surface area contributed by atoms with Gasteiger partial charge in [-0.3, -0.25) is 14.5 Å².